The molecule has 106 valence electrons. The number of carbonyl (C=O) groups excluding carboxylic acids is 1. The molecule has 1 atom stereocenters. The van der Waals surface area contributed by atoms with Crippen molar-refractivity contribution < 1.29 is 4.79 Å². The maximum Gasteiger partial charge on any atom is 0.244 e. The second-order valence-electron chi connectivity index (χ2n) is 5.26. The molecule has 4 heteroatoms. The van der Waals surface area contributed by atoms with Gasteiger partial charge >= 0.3 is 0 Å². The second-order valence-corrected chi connectivity index (χ2v) is 5.26. The van der Waals surface area contributed by atoms with Gasteiger partial charge in [0.2, 0.25) is 5.91 Å². The lowest BCUT2D eigenvalue weighted by atomic mass is 9.96. The van der Waals surface area contributed by atoms with Crippen LogP contribution in [0, 0.1) is 0 Å². The molecule has 1 heterocycles. The van der Waals surface area contributed by atoms with Gasteiger partial charge in [0.1, 0.15) is 0 Å². The predicted octanol–water partition coefficient (Wildman–Crippen LogP) is 2.93. The molecule has 0 aliphatic carbocycles. The topological polar surface area (TPSA) is 60.1 Å². The molecule has 2 aromatic rings. The summed E-state index contributed by atoms with van der Waals surface area (Å²) in [5.74, 6) is -0.149. The largest absolute Gasteiger partial charge is 0.324 e. The summed E-state index contributed by atoms with van der Waals surface area (Å²) in [5, 5.41) is 2.89. The average molecular weight is 271 g/mol. The second kappa shape index (κ2) is 5.92. The fraction of sp³-hybridized carbons (Fsp3) is 0.312. The molecule has 4 nitrogen and oxygen atoms in total. The highest BCUT2D eigenvalue weighted by Crippen LogP contribution is 2.17. The third kappa shape index (κ3) is 3.27. The van der Waals surface area contributed by atoms with Crippen molar-refractivity contribution in [1.82, 2.24) is 4.57 Å². The zero-order chi connectivity index (χ0) is 14.6. The van der Waals surface area contributed by atoms with Crippen LogP contribution >= 0.6 is 0 Å². The lowest BCUT2D eigenvalue weighted by Crippen LogP contribution is -2.48. The van der Waals surface area contributed by atoms with E-state index in [9.17, 15) is 4.79 Å². The van der Waals surface area contributed by atoms with Gasteiger partial charge in [0.25, 0.3) is 0 Å². The number of amides is 1. The van der Waals surface area contributed by atoms with Crippen LogP contribution in [0.5, 0.6) is 0 Å². The van der Waals surface area contributed by atoms with E-state index in [1.54, 1.807) is 6.92 Å². The number of rotatable bonds is 5. The summed E-state index contributed by atoms with van der Waals surface area (Å²) in [6.07, 6.45) is 5.47. The molecule has 0 spiro atoms. The van der Waals surface area contributed by atoms with Crippen molar-refractivity contribution in [3.8, 4) is 5.69 Å². The maximum atomic E-state index is 12.2. The minimum Gasteiger partial charge on any atom is -0.324 e. The molecule has 1 aromatic heterocycles. The summed E-state index contributed by atoms with van der Waals surface area (Å²) in [5.41, 5.74) is 6.96. The number of hydrogen-bond donors (Lipinski definition) is 2. The first kappa shape index (κ1) is 14.3. The number of carbonyl (C=O) groups is 1. The van der Waals surface area contributed by atoms with Crippen LogP contribution in [0.15, 0.2) is 48.8 Å². The summed E-state index contributed by atoms with van der Waals surface area (Å²) in [7, 11) is 0. The summed E-state index contributed by atoms with van der Waals surface area (Å²) < 4.78 is 1.99. The van der Waals surface area contributed by atoms with Gasteiger partial charge < -0.3 is 15.6 Å². The number of nitrogens with zero attached hydrogens (tertiary/aromatic N) is 1. The lowest BCUT2D eigenvalue weighted by Gasteiger charge is -2.23. The van der Waals surface area contributed by atoms with Crippen LogP contribution in [-0.4, -0.2) is 16.0 Å². The molecule has 20 heavy (non-hydrogen) atoms. The monoisotopic (exact) mass is 271 g/mol. The van der Waals surface area contributed by atoms with Crippen LogP contribution in [0.3, 0.4) is 0 Å². The molecule has 0 aliphatic rings. The quantitative estimate of drug-likeness (QED) is 0.878. The van der Waals surface area contributed by atoms with Crippen molar-refractivity contribution in [2.24, 2.45) is 5.73 Å². The van der Waals surface area contributed by atoms with E-state index in [4.69, 9.17) is 5.73 Å². The molecular formula is C16H21N3O. The van der Waals surface area contributed by atoms with Crippen molar-refractivity contribution in [2.75, 3.05) is 5.32 Å². The van der Waals surface area contributed by atoms with Gasteiger partial charge in [-0.3, -0.25) is 4.79 Å². The lowest BCUT2D eigenvalue weighted by molar-refractivity contribution is -0.120. The van der Waals surface area contributed by atoms with Gasteiger partial charge in [-0.1, -0.05) is 19.4 Å². The number of anilines is 1. The van der Waals surface area contributed by atoms with Crippen molar-refractivity contribution in [3.63, 3.8) is 0 Å². The molecule has 1 unspecified atom stereocenters. The Morgan fingerprint density at radius 3 is 2.65 bits per heavy atom. The van der Waals surface area contributed by atoms with E-state index in [0.717, 1.165) is 17.8 Å². The van der Waals surface area contributed by atoms with Crippen molar-refractivity contribution in [3.05, 3.63) is 48.8 Å². The Labute approximate surface area is 119 Å². The molecule has 0 radical (unpaired) electrons. The van der Waals surface area contributed by atoms with Gasteiger partial charge in [-0.2, -0.15) is 0 Å². The third-order valence-corrected chi connectivity index (χ3v) is 3.29. The van der Waals surface area contributed by atoms with Crippen LogP contribution in [0.4, 0.5) is 5.69 Å². The van der Waals surface area contributed by atoms with E-state index in [1.807, 2.05) is 60.3 Å². The van der Waals surface area contributed by atoms with Crippen LogP contribution in [-0.2, 0) is 4.79 Å². The van der Waals surface area contributed by atoms with Crippen molar-refractivity contribution in [2.45, 2.75) is 32.2 Å². The molecule has 3 N–H and O–H groups in total. The Kier molecular flexibility index (Phi) is 4.25. The fourth-order valence-corrected chi connectivity index (χ4v) is 2.16. The molecule has 0 aliphatic heterocycles. The number of nitrogens with two attached hydrogens (primary N) is 1. The molecule has 2 rings (SSSR count). The summed E-state index contributed by atoms with van der Waals surface area (Å²) >= 11 is 0. The minimum atomic E-state index is -0.835. The van der Waals surface area contributed by atoms with Gasteiger partial charge in [-0.05, 0) is 43.7 Å². The summed E-state index contributed by atoms with van der Waals surface area (Å²) in [6.45, 7) is 3.78. The Morgan fingerprint density at radius 2 is 2.00 bits per heavy atom. The molecule has 1 amide bonds. The molecule has 1 aromatic carbocycles. The molecule has 0 saturated heterocycles. The number of hydrogen-bond acceptors (Lipinski definition) is 2. The van der Waals surface area contributed by atoms with Crippen LogP contribution in [0.2, 0.25) is 0 Å². The highest BCUT2D eigenvalue weighted by molar-refractivity contribution is 5.97. The zero-order valence-corrected chi connectivity index (χ0v) is 12.0. The summed E-state index contributed by atoms with van der Waals surface area (Å²) in [4.78, 5) is 12.2. The molecule has 0 fully saturated rings. The van der Waals surface area contributed by atoms with Gasteiger partial charge in [0.05, 0.1) is 5.54 Å². The highest BCUT2D eigenvalue weighted by atomic mass is 16.2. The maximum absolute atomic E-state index is 12.2. The Morgan fingerprint density at radius 1 is 1.30 bits per heavy atom. The smallest absolute Gasteiger partial charge is 0.244 e. The van der Waals surface area contributed by atoms with E-state index >= 15 is 0 Å². The van der Waals surface area contributed by atoms with Crippen LogP contribution in [0.1, 0.15) is 26.7 Å². The van der Waals surface area contributed by atoms with E-state index in [1.165, 1.54) is 0 Å². The van der Waals surface area contributed by atoms with Crippen LogP contribution in [0.25, 0.3) is 5.69 Å². The van der Waals surface area contributed by atoms with E-state index in [-0.39, 0.29) is 5.91 Å². The Balaban J connectivity index is 2.14. The van der Waals surface area contributed by atoms with E-state index < -0.39 is 5.54 Å². The predicted molar refractivity (Wildman–Crippen MR) is 81.9 cm³/mol. The Bertz CT molecular complexity index is 573. The normalized spacial score (nSPS) is 13.8. The number of nitrogens with one attached hydrogen (secondary N) is 1. The first-order chi connectivity index (χ1) is 9.53. The fourth-order valence-electron chi connectivity index (χ4n) is 2.16. The van der Waals surface area contributed by atoms with Gasteiger partial charge in [-0.15, -0.1) is 0 Å². The number of aromatic nitrogens is 1. The van der Waals surface area contributed by atoms with E-state index in [2.05, 4.69) is 5.32 Å². The third-order valence-electron chi connectivity index (χ3n) is 3.29. The molecular weight excluding hydrogens is 250 g/mol. The van der Waals surface area contributed by atoms with Gasteiger partial charge in [-0.25, -0.2) is 0 Å². The van der Waals surface area contributed by atoms with Gasteiger partial charge in [0, 0.05) is 23.8 Å². The van der Waals surface area contributed by atoms with Crippen molar-refractivity contribution >= 4 is 11.6 Å². The molecule has 0 saturated carbocycles. The highest BCUT2D eigenvalue weighted by Gasteiger charge is 2.27. The molecule has 0 bridgehead atoms. The average Bonchev–Trinajstić information content (AvgIpc) is 2.93. The standard InChI is InChI=1S/C16H21N3O/c1-3-9-16(2,17)15(20)18-13-7-6-8-14(12-13)19-10-4-5-11-19/h4-8,10-12H,3,9,17H2,1-2H3,(H,18,20). The Hall–Kier alpha value is -2.07. The first-order valence-electron chi connectivity index (χ1n) is 6.86. The van der Waals surface area contributed by atoms with Crippen LogP contribution < -0.4 is 11.1 Å². The van der Waals surface area contributed by atoms with E-state index in [0.29, 0.717) is 6.42 Å². The summed E-state index contributed by atoms with van der Waals surface area (Å²) in [6, 6.07) is 11.6. The zero-order valence-electron chi connectivity index (χ0n) is 12.0. The van der Waals surface area contributed by atoms with Gasteiger partial charge in [0.15, 0.2) is 0 Å². The number of benzene rings is 1. The van der Waals surface area contributed by atoms with Crippen molar-refractivity contribution in [1.29, 1.82) is 0 Å². The minimum absolute atomic E-state index is 0.149. The SMILES string of the molecule is CCCC(C)(N)C(=O)Nc1cccc(-n2cccc2)c1. The first-order valence-corrected chi connectivity index (χ1v) is 6.86.